The summed E-state index contributed by atoms with van der Waals surface area (Å²) in [6, 6.07) is 11.4. The molecule has 3 rings (SSSR count). The van der Waals surface area contributed by atoms with Gasteiger partial charge in [0.15, 0.2) is 5.82 Å². The highest BCUT2D eigenvalue weighted by atomic mass is 32.2. The smallest absolute Gasteiger partial charge is 0.412 e. The molecular weight excluding hydrogens is 346 g/mol. The molecular formula is C16H15N3O3S2. The van der Waals surface area contributed by atoms with Crippen LogP contribution in [0.4, 0.5) is 10.6 Å². The van der Waals surface area contributed by atoms with Crippen LogP contribution in [0.1, 0.15) is 0 Å². The molecule has 3 aromatic rings. The predicted octanol–water partition coefficient (Wildman–Crippen LogP) is 3.40. The Morgan fingerprint density at radius 1 is 1.25 bits per heavy atom. The number of pyridine rings is 1. The fourth-order valence-electron chi connectivity index (χ4n) is 2.15. The number of ether oxygens (including phenoxy) is 1. The summed E-state index contributed by atoms with van der Waals surface area (Å²) in [7, 11) is 0.254. The molecule has 24 heavy (non-hydrogen) atoms. The Bertz CT molecular complexity index is 924. The standard InChI is InChI=1S/C16H15N3O3S2/c1-22-16(20)18-14-10-19-9-11(7-8-15(19)17-14)23-12-5-3-4-6-13(12)24(2)21/h3-10H,1-2H3,(H,18,20). The van der Waals surface area contributed by atoms with E-state index in [0.29, 0.717) is 11.5 Å². The Kier molecular flexibility index (Phi) is 4.86. The molecule has 0 radical (unpaired) electrons. The molecule has 0 aliphatic heterocycles. The van der Waals surface area contributed by atoms with Crippen molar-refractivity contribution in [3.8, 4) is 0 Å². The summed E-state index contributed by atoms with van der Waals surface area (Å²) in [5.41, 5.74) is 0.707. The van der Waals surface area contributed by atoms with E-state index in [2.05, 4.69) is 15.0 Å². The van der Waals surface area contributed by atoms with E-state index in [1.54, 1.807) is 12.5 Å². The van der Waals surface area contributed by atoms with E-state index in [1.807, 2.05) is 47.0 Å². The Hall–Kier alpha value is -2.32. The highest BCUT2D eigenvalue weighted by Crippen LogP contribution is 2.32. The van der Waals surface area contributed by atoms with Crippen LogP contribution in [0.5, 0.6) is 0 Å². The number of aromatic nitrogens is 2. The lowest BCUT2D eigenvalue weighted by Gasteiger charge is -2.07. The predicted molar refractivity (Wildman–Crippen MR) is 94.1 cm³/mol. The number of benzene rings is 1. The van der Waals surface area contributed by atoms with Gasteiger partial charge in [0.25, 0.3) is 0 Å². The maximum Gasteiger partial charge on any atom is 0.412 e. The van der Waals surface area contributed by atoms with Crippen LogP contribution in [0.25, 0.3) is 5.65 Å². The van der Waals surface area contributed by atoms with Crippen molar-refractivity contribution in [2.24, 2.45) is 0 Å². The first-order valence-electron chi connectivity index (χ1n) is 7.01. The Labute approximate surface area is 145 Å². The van der Waals surface area contributed by atoms with Crippen LogP contribution in [-0.4, -0.2) is 33.1 Å². The third-order valence-electron chi connectivity index (χ3n) is 3.23. The van der Waals surface area contributed by atoms with Crippen LogP contribution in [0.3, 0.4) is 0 Å². The average Bonchev–Trinajstić information content (AvgIpc) is 2.96. The van der Waals surface area contributed by atoms with Gasteiger partial charge in [0.05, 0.1) is 29.0 Å². The summed E-state index contributed by atoms with van der Waals surface area (Å²) in [6.07, 6.45) is 4.72. The van der Waals surface area contributed by atoms with E-state index in [4.69, 9.17) is 0 Å². The lowest BCUT2D eigenvalue weighted by molar-refractivity contribution is 0.187. The first kappa shape index (κ1) is 16.5. The first-order chi connectivity index (χ1) is 11.6. The molecule has 1 unspecified atom stereocenters. The Morgan fingerprint density at radius 3 is 2.79 bits per heavy atom. The van der Waals surface area contributed by atoms with Gasteiger partial charge in [-0.25, -0.2) is 9.78 Å². The fraction of sp³-hybridized carbons (Fsp3) is 0.125. The summed E-state index contributed by atoms with van der Waals surface area (Å²) < 4.78 is 18.2. The van der Waals surface area contributed by atoms with Crippen molar-refractivity contribution in [3.63, 3.8) is 0 Å². The molecule has 0 saturated carbocycles. The lowest BCUT2D eigenvalue weighted by Crippen LogP contribution is -2.10. The molecule has 0 saturated heterocycles. The number of carbonyl (C=O) groups is 1. The summed E-state index contributed by atoms with van der Waals surface area (Å²) in [4.78, 5) is 18.3. The van der Waals surface area contributed by atoms with Gasteiger partial charge >= 0.3 is 6.09 Å². The van der Waals surface area contributed by atoms with Crippen LogP contribution >= 0.6 is 11.8 Å². The number of nitrogens with zero attached hydrogens (tertiary/aromatic N) is 2. The molecule has 0 aliphatic rings. The molecule has 1 aromatic carbocycles. The molecule has 2 heterocycles. The minimum absolute atomic E-state index is 0.416. The second-order valence-electron chi connectivity index (χ2n) is 4.88. The first-order valence-corrected chi connectivity index (χ1v) is 9.38. The average molecular weight is 361 g/mol. The van der Waals surface area contributed by atoms with Gasteiger partial charge < -0.3 is 9.14 Å². The van der Waals surface area contributed by atoms with Crippen molar-refractivity contribution in [3.05, 3.63) is 48.8 Å². The van der Waals surface area contributed by atoms with Gasteiger partial charge in [0, 0.05) is 22.2 Å². The maximum atomic E-state index is 11.8. The molecule has 0 bridgehead atoms. The number of amides is 1. The Morgan fingerprint density at radius 2 is 2.04 bits per heavy atom. The van der Waals surface area contributed by atoms with Gasteiger partial charge in [0.1, 0.15) is 5.65 Å². The molecule has 0 spiro atoms. The van der Waals surface area contributed by atoms with Crippen LogP contribution in [0.15, 0.2) is 63.5 Å². The normalized spacial score (nSPS) is 12.1. The van der Waals surface area contributed by atoms with Crippen LogP contribution in [-0.2, 0) is 15.5 Å². The second kappa shape index (κ2) is 7.06. The number of rotatable bonds is 4. The SMILES string of the molecule is COC(=O)Nc1cn2cc(Sc3ccccc3S(C)=O)ccc2n1. The minimum Gasteiger partial charge on any atom is -0.453 e. The monoisotopic (exact) mass is 361 g/mol. The van der Waals surface area contributed by atoms with E-state index in [-0.39, 0.29) is 0 Å². The molecule has 1 N–H and O–H groups in total. The number of hydrogen-bond donors (Lipinski definition) is 1. The second-order valence-corrected chi connectivity index (χ2v) is 7.34. The Balaban J connectivity index is 1.88. The molecule has 0 fully saturated rings. The molecule has 6 nitrogen and oxygen atoms in total. The quantitative estimate of drug-likeness (QED) is 0.771. The maximum absolute atomic E-state index is 11.8. The molecule has 2 aromatic heterocycles. The zero-order chi connectivity index (χ0) is 17.1. The van der Waals surface area contributed by atoms with Crippen LogP contribution < -0.4 is 5.32 Å². The van der Waals surface area contributed by atoms with Crippen molar-refractivity contribution < 1.29 is 13.7 Å². The summed E-state index contributed by atoms with van der Waals surface area (Å²) in [6.45, 7) is 0. The number of fused-ring (bicyclic) bond motifs is 1. The number of imidazole rings is 1. The van der Waals surface area contributed by atoms with E-state index < -0.39 is 16.9 Å². The number of hydrogen-bond acceptors (Lipinski definition) is 5. The van der Waals surface area contributed by atoms with Gasteiger partial charge in [-0.2, -0.15) is 0 Å². The van der Waals surface area contributed by atoms with E-state index in [9.17, 15) is 9.00 Å². The minimum atomic E-state index is -1.05. The van der Waals surface area contributed by atoms with E-state index in [1.165, 1.54) is 18.9 Å². The van der Waals surface area contributed by atoms with Gasteiger partial charge in [0.2, 0.25) is 0 Å². The zero-order valence-electron chi connectivity index (χ0n) is 13.1. The fourth-order valence-corrected chi connectivity index (χ4v) is 4.12. The van der Waals surface area contributed by atoms with Crippen LogP contribution in [0, 0.1) is 0 Å². The molecule has 1 atom stereocenters. The van der Waals surface area contributed by atoms with Crippen molar-refractivity contribution in [2.45, 2.75) is 14.7 Å². The van der Waals surface area contributed by atoms with Crippen molar-refractivity contribution in [1.29, 1.82) is 0 Å². The molecule has 1 amide bonds. The van der Waals surface area contributed by atoms with Gasteiger partial charge in [-0.15, -0.1) is 0 Å². The van der Waals surface area contributed by atoms with Crippen molar-refractivity contribution in [1.82, 2.24) is 9.38 Å². The van der Waals surface area contributed by atoms with Crippen molar-refractivity contribution >= 4 is 40.1 Å². The molecule has 124 valence electrons. The third kappa shape index (κ3) is 3.60. The lowest BCUT2D eigenvalue weighted by atomic mass is 10.4. The summed E-state index contributed by atoms with van der Waals surface area (Å²) >= 11 is 1.53. The zero-order valence-corrected chi connectivity index (χ0v) is 14.7. The number of anilines is 1. The molecule has 0 aliphatic carbocycles. The number of methoxy groups -OCH3 is 1. The van der Waals surface area contributed by atoms with Gasteiger partial charge in [-0.05, 0) is 24.3 Å². The van der Waals surface area contributed by atoms with Gasteiger partial charge in [-0.3, -0.25) is 9.53 Å². The number of carbonyl (C=O) groups excluding carboxylic acids is 1. The topological polar surface area (TPSA) is 72.7 Å². The van der Waals surface area contributed by atoms with Crippen LogP contribution in [0.2, 0.25) is 0 Å². The third-order valence-corrected chi connectivity index (χ3v) is 5.38. The van der Waals surface area contributed by atoms with E-state index in [0.717, 1.165) is 14.7 Å². The van der Waals surface area contributed by atoms with Crippen molar-refractivity contribution in [2.75, 3.05) is 18.7 Å². The largest absolute Gasteiger partial charge is 0.453 e. The van der Waals surface area contributed by atoms with Gasteiger partial charge in [-0.1, -0.05) is 23.9 Å². The highest BCUT2D eigenvalue weighted by Gasteiger charge is 2.09. The van der Waals surface area contributed by atoms with E-state index >= 15 is 0 Å². The highest BCUT2D eigenvalue weighted by molar-refractivity contribution is 8.00. The summed E-state index contributed by atoms with van der Waals surface area (Å²) in [5, 5.41) is 2.53. The number of nitrogens with one attached hydrogen (secondary N) is 1. The summed E-state index contributed by atoms with van der Waals surface area (Å²) in [5.74, 6) is 0.416. The molecule has 8 heteroatoms.